The molecule has 0 amide bonds. The summed E-state index contributed by atoms with van der Waals surface area (Å²) in [4.78, 5) is 4.36. The molecular formula is C15H20N4S. The van der Waals surface area contributed by atoms with Gasteiger partial charge in [-0.1, -0.05) is 31.7 Å². The molecule has 4 nitrogen and oxygen atoms in total. The lowest BCUT2D eigenvalue weighted by molar-refractivity contribution is 0.458. The van der Waals surface area contributed by atoms with Crippen LogP contribution >= 0.6 is 12.2 Å². The van der Waals surface area contributed by atoms with Gasteiger partial charge in [-0.2, -0.15) is 5.10 Å². The number of hydrogen-bond acceptors (Lipinski definition) is 3. The summed E-state index contributed by atoms with van der Waals surface area (Å²) in [5, 5.41) is 7.21. The molecule has 0 spiro atoms. The molecule has 0 unspecified atom stereocenters. The minimum absolute atomic E-state index is 0.692. The quantitative estimate of drug-likeness (QED) is 0.847. The van der Waals surface area contributed by atoms with Gasteiger partial charge in [0.15, 0.2) is 10.6 Å². The Morgan fingerprint density at radius 3 is 2.90 bits per heavy atom. The van der Waals surface area contributed by atoms with Gasteiger partial charge in [-0.3, -0.25) is 14.6 Å². The van der Waals surface area contributed by atoms with Gasteiger partial charge in [-0.25, -0.2) is 0 Å². The molecule has 0 aliphatic heterocycles. The first-order valence-electron chi connectivity index (χ1n) is 7.41. The lowest BCUT2D eigenvalue weighted by Gasteiger charge is -2.10. The summed E-state index contributed by atoms with van der Waals surface area (Å²) in [7, 11) is 0. The summed E-state index contributed by atoms with van der Waals surface area (Å²) in [6, 6.07) is 5.86. The molecule has 2 aromatic rings. The van der Waals surface area contributed by atoms with Crippen LogP contribution in [0.2, 0.25) is 0 Å². The van der Waals surface area contributed by atoms with Gasteiger partial charge in [-0.15, -0.1) is 0 Å². The monoisotopic (exact) mass is 288 g/mol. The smallest absolute Gasteiger partial charge is 0.195 e. The molecule has 1 aliphatic carbocycles. The van der Waals surface area contributed by atoms with E-state index in [-0.39, 0.29) is 0 Å². The van der Waals surface area contributed by atoms with Crippen LogP contribution in [0, 0.1) is 10.7 Å². The van der Waals surface area contributed by atoms with Crippen molar-refractivity contribution in [2.24, 2.45) is 5.92 Å². The van der Waals surface area contributed by atoms with Crippen LogP contribution in [0.15, 0.2) is 24.4 Å². The molecule has 1 N–H and O–H groups in total. The fourth-order valence-electron chi connectivity index (χ4n) is 3.05. The van der Waals surface area contributed by atoms with E-state index in [9.17, 15) is 0 Å². The van der Waals surface area contributed by atoms with Gasteiger partial charge >= 0.3 is 0 Å². The third-order valence-electron chi connectivity index (χ3n) is 4.12. The highest BCUT2D eigenvalue weighted by molar-refractivity contribution is 7.71. The van der Waals surface area contributed by atoms with E-state index in [0.29, 0.717) is 4.77 Å². The molecule has 1 saturated carbocycles. The Hall–Kier alpha value is -1.49. The standard InChI is InChI=1S/C15H20N4S/c20-15-18-17-14(13-9-3-4-10-16-13)19(15)11-5-8-12-6-1-2-7-12/h3-4,9-10,12H,1-2,5-8,11H2,(H,18,20). The van der Waals surface area contributed by atoms with Crippen LogP contribution in [-0.2, 0) is 6.54 Å². The molecule has 0 atom stereocenters. The number of H-pyrrole nitrogens is 1. The van der Waals surface area contributed by atoms with E-state index in [1.165, 1.54) is 38.5 Å². The van der Waals surface area contributed by atoms with Crippen LogP contribution in [0.1, 0.15) is 38.5 Å². The van der Waals surface area contributed by atoms with Crippen LogP contribution in [0.5, 0.6) is 0 Å². The van der Waals surface area contributed by atoms with Crippen molar-refractivity contribution in [3.8, 4) is 11.5 Å². The Morgan fingerprint density at radius 2 is 2.15 bits per heavy atom. The van der Waals surface area contributed by atoms with E-state index in [2.05, 4.69) is 19.7 Å². The summed E-state index contributed by atoms with van der Waals surface area (Å²) in [5.41, 5.74) is 0.876. The highest BCUT2D eigenvalue weighted by Crippen LogP contribution is 2.28. The molecule has 0 aromatic carbocycles. The molecule has 1 fully saturated rings. The van der Waals surface area contributed by atoms with Crippen molar-refractivity contribution in [3.05, 3.63) is 29.2 Å². The van der Waals surface area contributed by atoms with E-state index in [1.54, 1.807) is 6.20 Å². The molecule has 0 saturated heterocycles. The van der Waals surface area contributed by atoms with E-state index in [0.717, 1.165) is 24.0 Å². The Balaban J connectivity index is 1.69. The van der Waals surface area contributed by atoms with Crippen molar-refractivity contribution in [2.75, 3.05) is 0 Å². The average molecular weight is 288 g/mol. The fraction of sp³-hybridized carbons (Fsp3) is 0.533. The minimum atomic E-state index is 0.692. The van der Waals surface area contributed by atoms with Crippen LogP contribution in [-0.4, -0.2) is 19.7 Å². The Bertz CT molecular complexity index is 596. The lowest BCUT2D eigenvalue weighted by Crippen LogP contribution is -2.04. The highest BCUT2D eigenvalue weighted by Gasteiger charge is 2.15. The number of nitrogens with zero attached hydrogens (tertiary/aromatic N) is 3. The molecule has 106 valence electrons. The molecule has 2 heterocycles. The first kappa shape index (κ1) is 13.5. The number of nitrogens with one attached hydrogen (secondary N) is 1. The maximum Gasteiger partial charge on any atom is 0.195 e. The molecule has 5 heteroatoms. The van der Waals surface area contributed by atoms with Crippen molar-refractivity contribution in [3.63, 3.8) is 0 Å². The second kappa shape index (κ2) is 6.31. The second-order valence-electron chi connectivity index (χ2n) is 5.51. The molecule has 0 radical (unpaired) electrons. The second-order valence-corrected chi connectivity index (χ2v) is 5.90. The molecule has 20 heavy (non-hydrogen) atoms. The largest absolute Gasteiger partial charge is 0.299 e. The van der Waals surface area contributed by atoms with Gasteiger partial charge in [0.1, 0.15) is 5.69 Å². The van der Waals surface area contributed by atoms with Crippen LogP contribution in [0.3, 0.4) is 0 Å². The number of hydrogen-bond donors (Lipinski definition) is 1. The number of aromatic amines is 1. The van der Waals surface area contributed by atoms with Crippen molar-refractivity contribution in [1.82, 2.24) is 19.7 Å². The highest BCUT2D eigenvalue weighted by atomic mass is 32.1. The van der Waals surface area contributed by atoms with Crippen molar-refractivity contribution >= 4 is 12.2 Å². The Morgan fingerprint density at radius 1 is 1.30 bits per heavy atom. The molecule has 2 aromatic heterocycles. The fourth-order valence-corrected chi connectivity index (χ4v) is 3.28. The zero-order chi connectivity index (χ0) is 13.8. The maximum absolute atomic E-state index is 5.34. The van der Waals surface area contributed by atoms with Crippen molar-refractivity contribution in [2.45, 2.75) is 45.1 Å². The van der Waals surface area contributed by atoms with Gasteiger partial charge in [0, 0.05) is 12.7 Å². The normalized spacial score (nSPS) is 15.8. The van der Waals surface area contributed by atoms with Crippen LogP contribution < -0.4 is 0 Å². The predicted octanol–water partition coefficient (Wildman–Crippen LogP) is 3.97. The van der Waals surface area contributed by atoms with Gasteiger partial charge in [0.2, 0.25) is 0 Å². The number of pyridine rings is 1. The topological polar surface area (TPSA) is 46.5 Å². The SMILES string of the molecule is S=c1[nH]nc(-c2ccccn2)n1CCCC1CCCC1. The zero-order valence-corrected chi connectivity index (χ0v) is 12.4. The minimum Gasteiger partial charge on any atom is -0.299 e. The Labute approximate surface area is 124 Å². The van der Waals surface area contributed by atoms with Gasteiger partial charge in [-0.05, 0) is 43.1 Å². The van der Waals surface area contributed by atoms with Crippen LogP contribution in [0.25, 0.3) is 11.5 Å². The van der Waals surface area contributed by atoms with Crippen molar-refractivity contribution < 1.29 is 0 Å². The summed E-state index contributed by atoms with van der Waals surface area (Å²) in [6.45, 7) is 0.928. The first-order chi connectivity index (χ1) is 9.84. The summed E-state index contributed by atoms with van der Waals surface area (Å²) >= 11 is 5.34. The summed E-state index contributed by atoms with van der Waals surface area (Å²) < 4.78 is 2.77. The zero-order valence-electron chi connectivity index (χ0n) is 11.6. The third-order valence-corrected chi connectivity index (χ3v) is 4.43. The number of aromatic nitrogens is 4. The van der Waals surface area contributed by atoms with E-state index in [1.807, 2.05) is 18.2 Å². The van der Waals surface area contributed by atoms with Gasteiger partial charge in [0.25, 0.3) is 0 Å². The van der Waals surface area contributed by atoms with E-state index in [4.69, 9.17) is 12.2 Å². The van der Waals surface area contributed by atoms with E-state index >= 15 is 0 Å². The Kier molecular flexibility index (Phi) is 4.25. The predicted molar refractivity (Wildman–Crippen MR) is 81.8 cm³/mol. The van der Waals surface area contributed by atoms with E-state index < -0.39 is 0 Å². The molecule has 3 rings (SSSR count). The third kappa shape index (κ3) is 2.98. The van der Waals surface area contributed by atoms with Gasteiger partial charge in [0.05, 0.1) is 0 Å². The summed E-state index contributed by atoms with van der Waals surface area (Å²) in [5.74, 6) is 1.77. The van der Waals surface area contributed by atoms with Crippen LogP contribution in [0.4, 0.5) is 0 Å². The molecule has 1 aliphatic rings. The molecular weight excluding hydrogens is 268 g/mol. The lowest BCUT2D eigenvalue weighted by atomic mass is 10.0. The van der Waals surface area contributed by atoms with Gasteiger partial charge < -0.3 is 0 Å². The summed E-state index contributed by atoms with van der Waals surface area (Å²) in [6.07, 6.45) is 9.89. The average Bonchev–Trinajstić information content (AvgIpc) is 3.11. The number of rotatable bonds is 5. The molecule has 0 bridgehead atoms. The van der Waals surface area contributed by atoms with Crippen molar-refractivity contribution in [1.29, 1.82) is 0 Å². The maximum atomic E-state index is 5.34. The first-order valence-corrected chi connectivity index (χ1v) is 7.82.